The summed E-state index contributed by atoms with van der Waals surface area (Å²) in [5.41, 5.74) is 4.57. The average Bonchev–Trinajstić information content (AvgIpc) is 3.29. The number of ether oxygens (including phenoxy) is 2. The number of aromatic nitrogens is 2. The molecule has 1 atom stereocenters. The number of nitrogens with zero attached hydrogens (tertiary/aromatic N) is 3. The lowest BCUT2D eigenvalue weighted by Gasteiger charge is -2.23. The molecular formula is C35H46ClN3O2. The molecule has 0 amide bonds. The summed E-state index contributed by atoms with van der Waals surface area (Å²) in [6.45, 7) is 15.8. The Bertz CT molecular complexity index is 1290. The molecule has 1 aliphatic rings. The lowest BCUT2D eigenvalue weighted by atomic mass is 10.1. The Balaban J connectivity index is 1.39. The topological polar surface area (TPSA) is 39.5 Å². The van der Waals surface area contributed by atoms with Gasteiger partial charge in [0, 0.05) is 35.7 Å². The molecule has 3 aromatic rings. The van der Waals surface area contributed by atoms with Crippen molar-refractivity contribution in [2.45, 2.75) is 66.3 Å². The van der Waals surface area contributed by atoms with E-state index in [2.05, 4.69) is 74.4 Å². The minimum absolute atomic E-state index is 0.239. The van der Waals surface area contributed by atoms with Gasteiger partial charge in [0.25, 0.3) is 0 Å². The predicted octanol–water partition coefficient (Wildman–Crippen LogP) is 8.47. The number of allylic oxidation sites excluding steroid dienone is 3. The Morgan fingerprint density at radius 3 is 2.37 bits per heavy atom. The fraction of sp³-hybridized carbons (Fsp3) is 0.457. The summed E-state index contributed by atoms with van der Waals surface area (Å²) in [6.07, 6.45) is 10.4. The first-order chi connectivity index (χ1) is 19.9. The Kier molecular flexibility index (Phi) is 11.5. The van der Waals surface area contributed by atoms with Gasteiger partial charge in [0.15, 0.2) is 0 Å². The normalized spacial score (nSPS) is 15.0. The molecule has 0 N–H and O–H groups in total. The van der Waals surface area contributed by atoms with Crippen molar-refractivity contribution in [3.8, 4) is 17.0 Å². The maximum Gasteiger partial charge on any atom is 0.119 e. The summed E-state index contributed by atoms with van der Waals surface area (Å²) >= 11 is 5.99. The van der Waals surface area contributed by atoms with E-state index in [0.717, 1.165) is 85.5 Å². The Labute approximate surface area is 251 Å². The highest BCUT2D eigenvalue weighted by Crippen LogP contribution is 2.32. The lowest BCUT2D eigenvalue weighted by molar-refractivity contribution is 0.193. The van der Waals surface area contributed by atoms with E-state index >= 15 is 0 Å². The molecule has 41 heavy (non-hydrogen) atoms. The average molecular weight is 576 g/mol. The van der Waals surface area contributed by atoms with Gasteiger partial charge in [-0.2, -0.15) is 0 Å². The third-order valence-corrected chi connectivity index (χ3v) is 7.92. The highest BCUT2D eigenvalue weighted by atomic mass is 35.5. The molecule has 1 aromatic heterocycles. The quantitative estimate of drug-likeness (QED) is 0.170. The van der Waals surface area contributed by atoms with Crippen molar-refractivity contribution in [1.82, 2.24) is 14.5 Å². The highest BCUT2D eigenvalue weighted by Gasteiger charge is 2.22. The van der Waals surface area contributed by atoms with Crippen molar-refractivity contribution in [3.05, 3.63) is 94.6 Å². The van der Waals surface area contributed by atoms with E-state index in [1.165, 1.54) is 11.3 Å². The summed E-state index contributed by atoms with van der Waals surface area (Å²) in [7, 11) is 0. The van der Waals surface area contributed by atoms with Crippen LogP contribution in [0.15, 0.2) is 72.5 Å². The zero-order valence-electron chi connectivity index (χ0n) is 25.4. The molecule has 220 valence electrons. The Morgan fingerprint density at radius 1 is 1.00 bits per heavy atom. The van der Waals surface area contributed by atoms with Gasteiger partial charge in [-0.05, 0) is 92.9 Å². The molecule has 0 radical (unpaired) electrons. The Morgan fingerprint density at radius 2 is 1.73 bits per heavy atom. The summed E-state index contributed by atoms with van der Waals surface area (Å²) < 4.78 is 14.5. The number of halogens is 1. The van der Waals surface area contributed by atoms with E-state index in [9.17, 15) is 0 Å². The molecular weight excluding hydrogens is 530 g/mol. The number of imidazole rings is 1. The van der Waals surface area contributed by atoms with Crippen molar-refractivity contribution >= 4 is 11.6 Å². The van der Waals surface area contributed by atoms with E-state index in [1.807, 2.05) is 36.4 Å². The van der Waals surface area contributed by atoms with Crippen molar-refractivity contribution in [1.29, 1.82) is 0 Å². The molecule has 1 unspecified atom stereocenters. The molecule has 6 heteroatoms. The summed E-state index contributed by atoms with van der Waals surface area (Å²) in [4.78, 5) is 7.60. The zero-order chi connectivity index (χ0) is 29.2. The fourth-order valence-electron chi connectivity index (χ4n) is 5.35. The summed E-state index contributed by atoms with van der Waals surface area (Å²) in [5.74, 6) is 3.51. The van der Waals surface area contributed by atoms with Gasteiger partial charge in [-0.15, -0.1) is 0 Å². The molecule has 0 aliphatic heterocycles. The first-order valence-electron chi connectivity index (χ1n) is 15.2. The van der Waals surface area contributed by atoms with Crippen molar-refractivity contribution in [3.63, 3.8) is 0 Å². The van der Waals surface area contributed by atoms with Crippen LogP contribution in [0.25, 0.3) is 11.3 Å². The van der Waals surface area contributed by atoms with Crippen LogP contribution in [0.4, 0.5) is 0 Å². The van der Waals surface area contributed by atoms with E-state index in [-0.39, 0.29) is 6.04 Å². The summed E-state index contributed by atoms with van der Waals surface area (Å²) in [6, 6.07) is 16.5. The highest BCUT2D eigenvalue weighted by molar-refractivity contribution is 6.30. The first kappa shape index (κ1) is 30.9. The minimum atomic E-state index is 0.239. The van der Waals surface area contributed by atoms with E-state index < -0.39 is 0 Å². The van der Waals surface area contributed by atoms with Gasteiger partial charge in [0.1, 0.15) is 17.3 Å². The molecule has 1 aliphatic carbocycles. The molecule has 0 spiro atoms. The van der Waals surface area contributed by atoms with Gasteiger partial charge < -0.3 is 18.9 Å². The Hall–Kier alpha value is -3.02. The van der Waals surface area contributed by atoms with Crippen LogP contribution in [0.5, 0.6) is 5.75 Å². The summed E-state index contributed by atoms with van der Waals surface area (Å²) in [5, 5.41) is 0.756. The number of hydrogen-bond donors (Lipinski definition) is 0. The van der Waals surface area contributed by atoms with Gasteiger partial charge in [-0.25, -0.2) is 4.98 Å². The number of benzene rings is 2. The molecule has 0 saturated heterocycles. The SMILES string of the molecule is CCN(CC)CCCOC1=CCC(n2c(CC(C)C)nc(-c3ccc(OCCc4ccc(Cl)cc4)cc3)c2C)C=C1. The van der Waals surface area contributed by atoms with Crippen LogP contribution in [-0.2, 0) is 17.6 Å². The second-order valence-corrected chi connectivity index (χ2v) is 11.6. The second-order valence-electron chi connectivity index (χ2n) is 11.2. The first-order valence-corrected chi connectivity index (χ1v) is 15.5. The van der Waals surface area contributed by atoms with Crippen LogP contribution in [0, 0.1) is 12.8 Å². The van der Waals surface area contributed by atoms with Crippen LogP contribution in [0.1, 0.15) is 63.7 Å². The van der Waals surface area contributed by atoms with Crippen LogP contribution in [0.3, 0.4) is 0 Å². The standard InChI is InChI=1S/C35H46ClN3O2/c1-6-38(7-2)22-8-23-40-33-19-15-31(16-20-33)39-27(5)35(37-34(39)25-26(3)4)29-11-17-32(18-12-29)41-24-21-28-9-13-30(36)14-10-28/h9-15,17-20,26,31H,6-8,16,21-25H2,1-5H3. The molecule has 0 bridgehead atoms. The maximum absolute atomic E-state index is 6.08. The monoisotopic (exact) mass is 575 g/mol. The number of hydrogen-bond acceptors (Lipinski definition) is 4. The fourth-order valence-corrected chi connectivity index (χ4v) is 5.47. The predicted molar refractivity (Wildman–Crippen MR) is 171 cm³/mol. The van der Waals surface area contributed by atoms with Crippen LogP contribution >= 0.6 is 11.6 Å². The smallest absolute Gasteiger partial charge is 0.119 e. The van der Waals surface area contributed by atoms with Crippen LogP contribution < -0.4 is 4.74 Å². The third kappa shape index (κ3) is 8.73. The van der Waals surface area contributed by atoms with Crippen LogP contribution in [-0.4, -0.2) is 47.3 Å². The minimum Gasteiger partial charge on any atom is -0.494 e. The van der Waals surface area contributed by atoms with Gasteiger partial charge in [0.2, 0.25) is 0 Å². The molecule has 2 aromatic carbocycles. The van der Waals surface area contributed by atoms with Gasteiger partial charge in [-0.1, -0.05) is 57.5 Å². The maximum atomic E-state index is 6.08. The van der Waals surface area contributed by atoms with Crippen molar-refractivity contribution < 1.29 is 9.47 Å². The van der Waals surface area contributed by atoms with E-state index in [4.69, 9.17) is 26.1 Å². The van der Waals surface area contributed by atoms with Crippen LogP contribution in [0.2, 0.25) is 5.02 Å². The van der Waals surface area contributed by atoms with Gasteiger partial charge in [-0.3, -0.25) is 0 Å². The lowest BCUT2D eigenvalue weighted by Crippen LogP contribution is -2.24. The second kappa shape index (κ2) is 15.3. The van der Waals surface area contributed by atoms with Crippen molar-refractivity contribution in [2.24, 2.45) is 5.92 Å². The van der Waals surface area contributed by atoms with Gasteiger partial charge in [0.05, 0.1) is 24.9 Å². The van der Waals surface area contributed by atoms with E-state index in [0.29, 0.717) is 12.5 Å². The third-order valence-electron chi connectivity index (χ3n) is 7.67. The largest absolute Gasteiger partial charge is 0.494 e. The molecule has 4 rings (SSSR count). The molecule has 1 heterocycles. The van der Waals surface area contributed by atoms with Crippen molar-refractivity contribution in [2.75, 3.05) is 32.8 Å². The van der Waals surface area contributed by atoms with Gasteiger partial charge >= 0.3 is 0 Å². The number of rotatable bonds is 15. The molecule has 0 saturated carbocycles. The zero-order valence-corrected chi connectivity index (χ0v) is 26.2. The molecule has 0 fully saturated rings. The van der Waals surface area contributed by atoms with E-state index in [1.54, 1.807) is 0 Å². The molecule has 5 nitrogen and oxygen atoms in total.